The first-order valence-electron chi connectivity index (χ1n) is 12.9. The Bertz CT molecular complexity index is 1370. The summed E-state index contributed by atoms with van der Waals surface area (Å²) in [5, 5.41) is 5.65. The van der Waals surface area contributed by atoms with Gasteiger partial charge in [0.1, 0.15) is 24.3 Å². The van der Waals surface area contributed by atoms with Crippen molar-refractivity contribution >= 4 is 23.4 Å². The average molecular weight is 532 g/mol. The van der Waals surface area contributed by atoms with Gasteiger partial charge in [0.2, 0.25) is 5.91 Å². The second kappa shape index (κ2) is 11.7. The topological polar surface area (TPSA) is 97.0 Å². The van der Waals surface area contributed by atoms with Crippen molar-refractivity contribution in [2.75, 3.05) is 19.0 Å². The predicted molar refractivity (Wildman–Crippen MR) is 143 cm³/mol. The number of amides is 3. The third-order valence-electron chi connectivity index (χ3n) is 7.10. The highest BCUT2D eigenvalue weighted by Gasteiger charge is 2.39. The zero-order valence-corrected chi connectivity index (χ0v) is 21.6. The van der Waals surface area contributed by atoms with E-state index in [0.29, 0.717) is 36.4 Å². The number of likely N-dealkylation sites (N-methyl/N-ethyl adjacent to an activating group) is 1. The second-order valence-corrected chi connectivity index (χ2v) is 9.81. The molecule has 8 nitrogen and oxygen atoms in total. The first-order chi connectivity index (χ1) is 18.9. The third kappa shape index (κ3) is 6.26. The van der Waals surface area contributed by atoms with Crippen LogP contribution in [0.5, 0.6) is 5.75 Å². The molecule has 0 bridgehead atoms. The van der Waals surface area contributed by atoms with Crippen molar-refractivity contribution in [2.24, 2.45) is 0 Å². The van der Waals surface area contributed by atoms with E-state index >= 15 is 0 Å². The minimum Gasteiger partial charge on any atom is -0.490 e. The molecular formula is C30H30FN3O5. The molecule has 3 amide bonds. The molecule has 202 valence electrons. The van der Waals surface area contributed by atoms with Crippen LogP contribution in [0.25, 0.3) is 0 Å². The number of anilines is 1. The van der Waals surface area contributed by atoms with Crippen molar-refractivity contribution in [2.45, 2.75) is 44.1 Å². The highest BCUT2D eigenvalue weighted by atomic mass is 19.1. The maximum atomic E-state index is 13.5. The Morgan fingerprint density at radius 3 is 2.64 bits per heavy atom. The van der Waals surface area contributed by atoms with Gasteiger partial charge in [0.05, 0.1) is 24.1 Å². The molecule has 2 heterocycles. The van der Waals surface area contributed by atoms with E-state index in [1.165, 1.54) is 18.2 Å². The van der Waals surface area contributed by atoms with Crippen molar-refractivity contribution in [3.8, 4) is 5.75 Å². The van der Waals surface area contributed by atoms with Gasteiger partial charge in [-0.05, 0) is 54.8 Å². The van der Waals surface area contributed by atoms with Crippen molar-refractivity contribution < 1.29 is 28.2 Å². The van der Waals surface area contributed by atoms with Crippen LogP contribution in [0.1, 0.15) is 45.5 Å². The Kier molecular flexibility index (Phi) is 7.88. The molecular weight excluding hydrogens is 501 g/mol. The fourth-order valence-electron chi connectivity index (χ4n) is 5.01. The number of rotatable bonds is 6. The molecule has 2 aliphatic heterocycles. The van der Waals surface area contributed by atoms with E-state index in [1.807, 2.05) is 30.3 Å². The predicted octanol–water partition coefficient (Wildman–Crippen LogP) is 4.17. The molecule has 0 radical (unpaired) electrons. The summed E-state index contributed by atoms with van der Waals surface area (Å²) >= 11 is 0. The molecule has 9 heteroatoms. The van der Waals surface area contributed by atoms with Crippen LogP contribution in [0, 0.1) is 5.82 Å². The maximum Gasteiger partial charge on any atom is 0.257 e. The summed E-state index contributed by atoms with van der Waals surface area (Å²) < 4.78 is 25.8. The third-order valence-corrected chi connectivity index (χ3v) is 7.10. The van der Waals surface area contributed by atoms with Crippen molar-refractivity contribution in [1.29, 1.82) is 0 Å². The number of halogens is 1. The zero-order valence-electron chi connectivity index (χ0n) is 21.6. The van der Waals surface area contributed by atoms with Crippen LogP contribution in [0.3, 0.4) is 0 Å². The summed E-state index contributed by atoms with van der Waals surface area (Å²) in [6.45, 7) is 0.673. The monoisotopic (exact) mass is 531 g/mol. The minimum absolute atomic E-state index is 0.0864. The molecule has 5 rings (SSSR count). The number of carbonyl (C=O) groups excluding carboxylic acids is 3. The SMILES string of the molecule is CN1C(=O)c2cc(NC(=O)c3cccc(F)c3)ccc2OC[C@@H]2O[C@@H](CC(=O)NCc3ccccc3)CC[C@H]21. The van der Waals surface area contributed by atoms with Gasteiger partial charge >= 0.3 is 0 Å². The van der Waals surface area contributed by atoms with E-state index in [1.54, 1.807) is 30.1 Å². The van der Waals surface area contributed by atoms with Crippen LogP contribution >= 0.6 is 0 Å². The van der Waals surface area contributed by atoms with Gasteiger partial charge in [-0.25, -0.2) is 4.39 Å². The quantitative estimate of drug-likeness (QED) is 0.498. The van der Waals surface area contributed by atoms with Crippen molar-refractivity contribution in [3.63, 3.8) is 0 Å². The minimum atomic E-state index is -0.509. The van der Waals surface area contributed by atoms with Crippen LogP contribution < -0.4 is 15.4 Å². The lowest BCUT2D eigenvalue weighted by atomic mass is 9.94. The standard InChI is InChI=1S/C30H30FN3O5/c1-34-25-12-11-23(16-28(35)32-17-19-6-3-2-4-7-19)39-27(25)18-38-26-13-10-22(15-24(26)30(34)37)33-29(36)20-8-5-9-21(31)14-20/h2-10,13-15,23,25,27H,11-12,16-18H2,1H3,(H,32,35)(H,33,36)/t23-,25-,27+/m1/s1. The molecule has 3 aromatic carbocycles. The molecule has 0 spiro atoms. The highest BCUT2D eigenvalue weighted by molar-refractivity contribution is 6.05. The smallest absolute Gasteiger partial charge is 0.257 e. The Labute approximate surface area is 226 Å². The summed E-state index contributed by atoms with van der Waals surface area (Å²) in [5.41, 5.74) is 1.91. The summed E-state index contributed by atoms with van der Waals surface area (Å²) in [5.74, 6) is -0.965. The lowest BCUT2D eigenvalue weighted by Gasteiger charge is -2.42. The lowest BCUT2D eigenvalue weighted by Crippen LogP contribution is -2.53. The molecule has 0 unspecified atom stereocenters. The number of hydrogen-bond acceptors (Lipinski definition) is 5. The number of ether oxygens (including phenoxy) is 2. The first kappa shape index (κ1) is 26.4. The molecule has 2 aliphatic rings. The largest absolute Gasteiger partial charge is 0.490 e. The Morgan fingerprint density at radius 1 is 1.03 bits per heavy atom. The highest BCUT2D eigenvalue weighted by Crippen LogP contribution is 2.32. The van der Waals surface area contributed by atoms with E-state index in [9.17, 15) is 18.8 Å². The van der Waals surface area contributed by atoms with Gasteiger partial charge in [0.15, 0.2) is 0 Å². The van der Waals surface area contributed by atoms with Crippen LogP contribution in [0.2, 0.25) is 0 Å². The number of carbonyl (C=O) groups is 3. The fraction of sp³-hybridized carbons (Fsp3) is 0.300. The van der Waals surface area contributed by atoms with Gasteiger partial charge in [-0.3, -0.25) is 14.4 Å². The molecule has 0 saturated carbocycles. The van der Waals surface area contributed by atoms with Crippen molar-refractivity contribution in [3.05, 3.63) is 95.3 Å². The van der Waals surface area contributed by atoms with Crippen molar-refractivity contribution in [1.82, 2.24) is 10.2 Å². The summed E-state index contributed by atoms with van der Waals surface area (Å²) in [4.78, 5) is 40.2. The molecule has 3 aromatic rings. The van der Waals surface area contributed by atoms with Crippen LogP contribution in [0.15, 0.2) is 72.8 Å². The van der Waals surface area contributed by atoms with Gasteiger partial charge in [-0.15, -0.1) is 0 Å². The number of nitrogens with zero attached hydrogens (tertiary/aromatic N) is 1. The molecule has 0 aromatic heterocycles. The van der Waals surface area contributed by atoms with Gasteiger partial charge in [0, 0.05) is 24.8 Å². The molecule has 3 atom stereocenters. The molecule has 39 heavy (non-hydrogen) atoms. The van der Waals surface area contributed by atoms with Gasteiger partial charge < -0.3 is 25.0 Å². The maximum absolute atomic E-state index is 13.5. The summed E-state index contributed by atoms with van der Waals surface area (Å²) in [6, 6.07) is 19.7. The van der Waals surface area contributed by atoms with Gasteiger partial charge in [-0.2, -0.15) is 0 Å². The molecule has 1 fully saturated rings. The average Bonchev–Trinajstić information content (AvgIpc) is 2.94. The fourth-order valence-corrected chi connectivity index (χ4v) is 5.01. The molecule has 2 N–H and O–H groups in total. The first-order valence-corrected chi connectivity index (χ1v) is 12.9. The Hall–Kier alpha value is -4.24. The van der Waals surface area contributed by atoms with Crippen LogP contribution in [0.4, 0.5) is 10.1 Å². The second-order valence-electron chi connectivity index (χ2n) is 9.81. The van der Waals surface area contributed by atoms with E-state index in [-0.39, 0.29) is 48.7 Å². The number of hydrogen-bond donors (Lipinski definition) is 2. The zero-order chi connectivity index (χ0) is 27.4. The number of fused-ring (bicyclic) bond motifs is 2. The molecule has 1 saturated heterocycles. The molecule has 0 aliphatic carbocycles. The Balaban J connectivity index is 1.23. The van der Waals surface area contributed by atoms with E-state index < -0.39 is 11.7 Å². The summed E-state index contributed by atoms with van der Waals surface area (Å²) in [6.07, 6.45) is 0.874. The van der Waals surface area contributed by atoms with E-state index in [2.05, 4.69) is 10.6 Å². The number of nitrogens with one attached hydrogen (secondary N) is 2. The number of benzene rings is 3. The van der Waals surface area contributed by atoms with E-state index in [0.717, 1.165) is 11.6 Å². The van der Waals surface area contributed by atoms with Crippen LogP contribution in [-0.4, -0.2) is 54.5 Å². The van der Waals surface area contributed by atoms with Gasteiger partial charge in [0.25, 0.3) is 11.8 Å². The van der Waals surface area contributed by atoms with E-state index in [4.69, 9.17) is 9.47 Å². The summed E-state index contributed by atoms with van der Waals surface area (Å²) in [7, 11) is 1.73. The van der Waals surface area contributed by atoms with Gasteiger partial charge in [-0.1, -0.05) is 36.4 Å². The van der Waals surface area contributed by atoms with Crippen LogP contribution in [-0.2, 0) is 16.1 Å². The normalized spacial score (nSPS) is 20.5. The Morgan fingerprint density at radius 2 is 1.85 bits per heavy atom. The lowest BCUT2D eigenvalue weighted by molar-refractivity contribution is -0.134.